The van der Waals surface area contributed by atoms with Crippen LogP contribution in [-0.2, 0) is 0 Å². The van der Waals surface area contributed by atoms with Gasteiger partial charge in [-0.1, -0.05) is 6.42 Å². The van der Waals surface area contributed by atoms with Crippen molar-refractivity contribution in [3.63, 3.8) is 0 Å². The van der Waals surface area contributed by atoms with Gasteiger partial charge in [0.15, 0.2) is 0 Å². The van der Waals surface area contributed by atoms with Crippen LogP contribution >= 0.6 is 0 Å². The lowest BCUT2D eigenvalue weighted by atomic mass is 9.81. The summed E-state index contributed by atoms with van der Waals surface area (Å²) < 4.78 is 0. The topological polar surface area (TPSA) is 18.5 Å². The van der Waals surface area contributed by atoms with Gasteiger partial charge in [-0.3, -0.25) is 4.90 Å². The second kappa shape index (κ2) is 4.87. The number of rotatable bonds is 1. The summed E-state index contributed by atoms with van der Waals surface area (Å²) >= 11 is 0. The molecule has 0 aromatic carbocycles. The van der Waals surface area contributed by atoms with Gasteiger partial charge >= 0.3 is 0 Å². The van der Waals surface area contributed by atoms with E-state index in [4.69, 9.17) is 0 Å². The average molecular weight is 237 g/mol. The van der Waals surface area contributed by atoms with Crippen molar-refractivity contribution >= 4 is 0 Å². The van der Waals surface area contributed by atoms with E-state index in [0.717, 1.165) is 24.2 Å². The molecule has 98 valence electrons. The molecule has 3 aliphatic rings. The maximum atomic E-state index is 3.51. The second-order valence-corrected chi connectivity index (χ2v) is 6.32. The molecule has 3 nitrogen and oxygen atoms in total. The summed E-state index contributed by atoms with van der Waals surface area (Å²) in [5, 5.41) is 3.51. The van der Waals surface area contributed by atoms with Crippen LogP contribution in [0.3, 0.4) is 0 Å². The first-order valence-electron chi connectivity index (χ1n) is 7.44. The lowest BCUT2D eigenvalue weighted by Gasteiger charge is -2.51. The molecule has 0 spiro atoms. The van der Waals surface area contributed by atoms with Gasteiger partial charge in [0.2, 0.25) is 0 Å². The summed E-state index contributed by atoms with van der Waals surface area (Å²) in [4.78, 5) is 5.46. The van der Waals surface area contributed by atoms with E-state index in [-0.39, 0.29) is 0 Å². The maximum Gasteiger partial charge on any atom is 0.0195 e. The molecule has 0 aromatic heterocycles. The monoisotopic (exact) mass is 237 g/mol. The minimum atomic E-state index is 0.734. The van der Waals surface area contributed by atoms with Crippen LogP contribution in [0.2, 0.25) is 0 Å². The van der Waals surface area contributed by atoms with Crippen molar-refractivity contribution in [2.24, 2.45) is 0 Å². The third kappa shape index (κ3) is 2.25. The molecule has 17 heavy (non-hydrogen) atoms. The Hall–Kier alpha value is -0.120. The summed E-state index contributed by atoms with van der Waals surface area (Å²) in [6.07, 6.45) is 7.16. The number of piperazine rings is 1. The molecular formula is C14H27N3. The summed E-state index contributed by atoms with van der Waals surface area (Å²) in [7, 11) is 2.35. The standard InChI is InChI=1S/C14H27N3/c1-11-10-15-6-7-17(11)14-8-12-4-3-5-13(9-14)16(12)2/h11-15H,3-10H2,1-2H3. The lowest BCUT2D eigenvalue weighted by Crippen LogP contribution is -2.60. The predicted octanol–water partition coefficient (Wildman–Crippen LogP) is 1.30. The molecule has 3 rings (SSSR count). The SMILES string of the molecule is CC1CNCCN1C1CC2CCCC(C1)N2C. The molecule has 0 radical (unpaired) electrons. The number of nitrogens with one attached hydrogen (secondary N) is 1. The van der Waals surface area contributed by atoms with Gasteiger partial charge in [-0.15, -0.1) is 0 Å². The molecule has 1 N–H and O–H groups in total. The third-order valence-electron chi connectivity index (χ3n) is 5.34. The lowest BCUT2D eigenvalue weighted by molar-refractivity contribution is -0.00859. The Morgan fingerprint density at radius 3 is 2.41 bits per heavy atom. The largest absolute Gasteiger partial charge is 0.314 e. The van der Waals surface area contributed by atoms with Crippen LogP contribution in [0.4, 0.5) is 0 Å². The molecular weight excluding hydrogens is 210 g/mol. The zero-order chi connectivity index (χ0) is 11.8. The Kier molecular flexibility index (Phi) is 3.42. The van der Waals surface area contributed by atoms with E-state index in [1.165, 1.54) is 51.7 Å². The Morgan fingerprint density at radius 2 is 1.76 bits per heavy atom. The summed E-state index contributed by atoms with van der Waals surface area (Å²) in [6, 6.07) is 3.33. The second-order valence-electron chi connectivity index (χ2n) is 6.32. The van der Waals surface area contributed by atoms with Crippen LogP contribution in [0, 0.1) is 0 Å². The smallest absolute Gasteiger partial charge is 0.0195 e. The molecule has 3 unspecified atom stereocenters. The van der Waals surface area contributed by atoms with E-state index in [1.807, 2.05) is 0 Å². The summed E-state index contributed by atoms with van der Waals surface area (Å²) in [5.74, 6) is 0. The Balaban J connectivity index is 1.68. The van der Waals surface area contributed by atoms with E-state index >= 15 is 0 Å². The van der Waals surface area contributed by atoms with Crippen molar-refractivity contribution < 1.29 is 0 Å². The van der Waals surface area contributed by atoms with Crippen molar-refractivity contribution in [3.05, 3.63) is 0 Å². The van der Waals surface area contributed by atoms with Crippen molar-refractivity contribution in [1.82, 2.24) is 15.1 Å². The van der Waals surface area contributed by atoms with Gasteiger partial charge in [0, 0.05) is 43.8 Å². The highest BCUT2D eigenvalue weighted by atomic mass is 15.3. The summed E-state index contributed by atoms with van der Waals surface area (Å²) in [5.41, 5.74) is 0. The Bertz CT molecular complexity index is 254. The van der Waals surface area contributed by atoms with Crippen molar-refractivity contribution in [1.29, 1.82) is 0 Å². The van der Waals surface area contributed by atoms with Crippen LogP contribution in [0.5, 0.6) is 0 Å². The molecule has 3 heterocycles. The average Bonchev–Trinajstić information content (AvgIpc) is 2.29. The van der Waals surface area contributed by atoms with E-state index in [0.29, 0.717) is 0 Å². The quantitative estimate of drug-likeness (QED) is 0.741. The molecule has 2 bridgehead atoms. The number of hydrogen-bond acceptors (Lipinski definition) is 3. The maximum absolute atomic E-state index is 3.51. The predicted molar refractivity (Wildman–Crippen MR) is 71.2 cm³/mol. The van der Waals surface area contributed by atoms with E-state index in [9.17, 15) is 0 Å². The number of piperidine rings is 2. The summed E-state index contributed by atoms with van der Waals surface area (Å²) in [6.45, 7) is 6.02. The van der Waals surface area contributed by atoms with Gasteiger partial charge in [-0.2, -0.15) is 0 Å². The molecule has 3 atom stereocenters. The van der Waals surface area contributed by atoms with Gasteiger partial charge < -0.3 is 10.2 Å². The molecule has 3 saturated heterocycles. The van der Waals surface area contributed by atoms with E-state index in [1.54, 1.807) is 0 Å². The van der Waals surface area contributed by atoms with Crippen molar-refractivity contribution in [2.45, 2.75) is 63.2 Å². The van der Waals surface area contributed by atoms with Crippen LogP contribution < -0.4 is 5.32 Å². The molecule has 0 aromatic rings. The fraction of sp³-hybridized carbons (Fsp3) is 1.00. The first-order valence-corrected chi connectivity index (χ1v) is 7.44. The van der Waals surface area contributed by atoms with Gasteiger partial charge in [0.05, 0.1) is 0 Å². The molecule has 3 aliphatic heterocycles. The molecule has 0 saturated carbocycles. The minimum absolute atomic E-state index is 0.734. The molecule has 3 fully saturated rings. The normalized spacial score (nSPS) is 44.8. The molecule has 0 amide bonds. The first kappa shape index (κ1) is 11.9. The van der Waals surface area contributed by atoms with E-state index < -0.39 is 0 Å². The van der Waals surface area contributed by atoms with Crippen molar-refractivity contribution in [2.75, 3.05) is 26.7 Å². The minimum Gasteiger partial charge on any atom is -0.314 e. The fourth-order valence-corrected chi connectivity index (χ4v) is 4.26. The first-order chi connectivity index (χ1) is 8.25. The van der Waals surface area contributed by atoms with Crippen LogP contribution in [-0.4, -0.2) is 60.6 Å². The highest BCUT2D eigenvalue weighted by Crippen LogP contribution is 2.35. The van der Waals surface area contributed by atoms with Crippen LogP contribution in [0.15, 0.2) is 0 Å². The van der Waals surface area contributed by atoms with Gasteiger partial charge in [-0.05, 0) is 39.7 Å². The van der Waals surface area contributed by atoms with Gasteiger partial charge in [0.1, 0.15) is 0 Å². The van der Waals surface area contributed by atoms with Crippen molar-refractivity contribution in [3.8, 4) is 0 Å². The van der Waals surface area contributed by atoms with E-state index in [2.05, 4.69) is 29.1 Å². The third-order valence-corrected chi connectivity index (χ3v) is 5.34. The van der Waals surface area contributed by atoms with Crippen LogP contribution in [0.1, 0.15) is 39.0 Å². The Morgan fingerprint density at radius 1 is 1.06 bits per heavy atom. The highest BCUT2D eigenvalue weighted by molar-refractivity contribution is 4.96. The molecule has 3 heteroatoms. The number of fused-ring (bicyclic) bond motifs is 2. The highest BCUT2D eigenvalue weighted by Gasteiger charge is 2.39. The zero-order valence-electron chi connectivity index (χ0n) is 11.4. The number of hydrogen-bond donors (Lipinski definition) is 1. The fourth-order valence-electron chi connectivity index (χ4n) is 4.26. The molecule has 0 aliphatic carbocycles. The van der Waals surface area contributed by atoms with Gasteiger partial charge in [-0.25, -0.2) is 0 Å². The van der Waals surface area contributed by atoms with Crippen LogP contribution in [0.25, 0.3) is 0 Å². The number of nitrogens with zero attached hydrogens (tertiary/aromatic N) is 2. The zero-order valence-corrected chi connectivity index (χ0v) is 11.4. The van der Waals surface area contributed by atoms with Gasteiger partial charge in [0.25, 0.3) is 0 Å². The Labute approximate surface area is 106 Å².